The van der Waals surface area contributed by atoms with E-state index >= 15 is 0 Å². The number of pyridine rings is 1. The lowest BCUT2D eigenvalue weighted by molar-refractivity contribution is -0.385. The van der Waals surface area contributed by atoms with Crippen LogP contribution >= 0.6 is 0 Å². The van der Waals surface area contributed by atoms with Gasteiger partial charge in [0.25, 0.3) is 5.69 Å². The van der Waals surface area contributed by atoms with Crippen molar-refractivity contribution in [2.24, 2.45) is 0 Å². The van der Waals surface area contributed by atoms with Gasteiger partial charge in [0.2, 0.25) is 0 Å². The number of nitrogens with zero attached hydrogens (tertiary/aromatic N) is 2. The maximum absolute atomic E-state index is 12.2. The summed E-state index contributed by atoms with van der Waals surface area (Å²) in [5.74, 6) is -0.368. The van der Waals surface area contributed by atoms with Crippen LogP contribution < -0.4 is 0 Å². The molecule has 5 heteroatoms. The molecule has 0 aliphatic heterocycles. The lowest BCUT2D eigenvalue weighted by atomic mass is 10.0. The number of aryl methyl sites for hydroxylation is 1. The van der Waals surface area contributed by atoms with Crippen LogP contribution in [0.3, 0.4) is 0 Å². The molecule has 0 spiro atoms. The fourth-order valence-electron chi connectivity index (χ4n) is 1.65. The first-order valence-corrected chi connectivity index (χ1v) is 5.29. The van der Waals surface area contributed by atoms with E-state index in [0.717, 1.165) is 5.56 Å². The largest absolute Gasteiger partial charge is 0.288 e. The molecule has 2 aromatic rings. The van der Waals surface area contributed by atoms with Crippen molar-refractivity contribution in [1.82, 2.24) is 4.98 Å². The zero-order chi connectivity index (χ0) is 13.1. The van der Waals surface area contributed by atoms with E-state index in [1.54, 1.807) is 13.0 Å². The van der Waals surface area contributed by atoms with Crippen LogP contribution in [0.1, 0.15) is 21.5 Å². The molecule has 5 nitrogen and oxygen atoms in total. The van der Waals surface area contributed by atoms with Crippen molar-refractivity contribution in [2.75, 3.05) is 0 Å². The monoisotopic (exact) mass is 242 g/mol. The molecule has 0 fully saturated rings. The van der Waals surface area contributed by atoms with Gasteiger partial charge in [0.1, 0.15) is 5.56 Å². The van der Waals surface area contributed by atoms with Crippen molar-refractivity contribution < 1.29 is 9.72 Å². The predicted molar refractivity (Wildman–Crippen MR) is 65.5 cm³/mol. The number of rotatable bonds is 3. The molecule has 90 valence electrons. The Balaban J connectivity index is 2.54. The minimum Gasteiger partial charge on any atom is -0.288 e. The lowest BCUT2D eigenvalue weighted by Gasteiger charge is -2.03. The maximum Gasteiger partial charge on any atom is 0.280 e. The van der Waals surface area contributed by atoms with Crippen molar-refractivity contribution >= 4 is 11.5 Å². The summed E-state index contributed by atoms with van der Waals surface area (Å²) in [6.07, 6.45) is 2.96. The van der Waals surface area contributed by atoms with E-state index in [-0.39, 0.29) is 17.0 Å². The van der Waals surface area contributed by atoms with Crippen LogP contribution in [0, 0.1) is 17.0 Å². The zero-order valence-corrected chi connectivity index (χ0v) is 9.66. The second kappa shape index (κ2) is 4.75. The number of hydrogen-bond acceptors (Lipinski definition) is 4. The van der Waals surface area contributed by atoms with Gasteiger partial charge in [-0.15, -0.1) is 0 Å². The Hall–Kier alpha value is -2.56. The summed E-state index contributed by atoms with van der Waals surface area (Å²) in [7, 11) is 0. The average molecular weight is 242 g/mol. The van der Waals surface area contributed by atoms with Gasteiger partial charge in [-0.3, -0.25) is 19.9 Å². The zero-order valence-electron chi connectivity index (χ0n) is 9.66. The summed E-state index contributed by atoms with van der Waals surface area (Å²) in [6, 6.07) is 7.56. The summed E-state index contributed by atoms with van der Waals surface area (Å²) >= 11 is 0. The highest BCUT2D eigenvalue weighted by molar-refractivity contribution is 6.11. The van der Waals surface area contributed by atoms with Crippen LogP contribution in [0.2, 0.25) is 0 Å². The third-order valence-electron chi connectivity index (χ3n) is 2.54. The van der Waals surface area contributed by atoms with Crippen molar-refractivity contribution in [3.63, 3.8) is 0 Å². The fourth-order valence-corrected chi connectivity index (χ4v) is 1.65. The third-order valence-corrected chi connectivity index (χ3v) is 2.54. The van der Waals surface area contributed by atoms with Crippen LogP contribution in [0.4, 0.5) is 5.69 Å². The topological polar surface area (TPSA) is 73.1 Å². The molecule has 0 aliphatic carbocycles. The van der Waals surface area contributed by atoms with Gasteiger partial charge < -0.3 is 0 Å². The molecule has 0 atom stereocenters. The van der Waals surface area contributed by atoms with E-state index < -0.39 is 4.92 Å². The van der Waals surface area contributed by atoms with Crippen molar-refractivity contribution in [2.45, 2.75) is 6.92 Å². The van der Waals surface area contributed by atoms with Crippen molar-refractivity contribution in [1.29, 1.82) is 0 Å². The molecule has 0 unspecified atom stereocenters. The molecule has 0 bridgehead atoms. The van der Waals surface area contributed by atoms with Gasteiger partial charge in [0.15, 0.2) is 5.78 Å². The molecule has 0 N–H and O–H groups in total. The number of nitro benzene ring substituents is 1. The SMILES string of the molecule is Cc1ccc([N+](=O)[O-])c(C(=O)c2ccncc2)c1. The Kier molecular flexibility index (Phi) is 3.14. The van der Waals surface area contributed by atoms with E-state index in [9.17, 15) is 14.9 Å². The molecule has 2 rings (SSSR count). The highest BCUT2D eigenvalue weighted by Gasteiger charge is 2.20. The second-order valence-corrected chi connectivity index (χ2v) is 3.84. The third kappa shape index (κ3) is 2.24. The van der Waals surface area contributed by atoms with Crippen molar-refractivity contribution in [3.8, 4) is 0 Å². The van der Waals surface area contributed by atoms with E-state index in [2.05, 4.69) is 4.98 Å². The molecule has 1 heterocycles. The first-order chi connectivity index (χ1) is 8.59. The molecule has 0 radical (unpaired) electrons. The number of hydrogen-bond donors (Lipinski definition) is 0. The van der Waals surface area contributed by atoms with Crippen LogP contribution in [-0.4, -0.2) is 15.7 Å². The Morgan fingerprint density at radius 1 is 1.22 bits per heavy atom. The van der Waals surface area contributed by atoms with Gasteiger partial charge in [-0.05, 0) is 30.7 Å². The summed E-state index contributed by atoms with van der Waals surface area (Å²) in [4.78, 5) is 26.4. The molecule has 0 saturated carbocycles. The minimum absolute atomic E-state index is 0.103. The number of nitro groups is 1. The summed E-state index contributed by atoms with van der Waals surface area (Å²) in [6.45, 7) is 1.78. The maximum atomic E-state index is 12.2. The van der Waals surface area contributed by atoms with Gasteiger partial charge in [0.05, 0.1) is 4.92 Å². The Morgan fingerprint density at radius 3 is 2.50 bits per heavy atom. The van der Waals surface area contributed by atoms with Gasteiger partial charge in [-0.25, -0.2) is 0 Å². The smallest absolute Gasteiger partial charge is 0.280 e. The van der Waals surface area contributed by atoms with Crippen LogP contribution in [0.5, 0.6) is 0 Å². The lowest BCUT2D eigenvalue weighted by Crippen LogP contribution is -2.06. The van der Waals surface area contributed by atoms with Crippen LogP contribution in [0.15, 0.2) is 42.7 Å². The standard InChI is InChI=1S/C13H10N2O3/c1-9-2-3-12(15(17)18)11(8-9)13(16)10-4-6-14-7-5-10/h2-8H,1H3. The molecule has 0 amide bonds. The molecular formula is C13H10N2O3. The van der Waals surface area contributed by atoms with Crippen molar-refractivity contribution in [3.05, 3.63) is 69.5 Å². The van der Waals surface area contributed by atoms with Gasteiger partial charge >= 0.3 is 0 Å². The van der Waals surface area contributed by atoms with E-state index in [4.69, 9.17) is 0 Å². The molecule has 0 saturated heterocycles. The second-order valence-electron chi connectivity index (χ2n) is 3.84. The van der Waals surface area contributed by atoms with Crippen LogP contribution in [-0.2, 0) is 0 Å². The molecular weight excluding hydrogens is 232 g/mol. The average Bonchev–Trinajstić information content (AvgIpc) is 2.38. The summed E-state index contributed by atoms with van der Waals surface area (Å²) in [5, 5.41) is 10.9. The van der Waals surface area contributed by atoms with Gasteiger partial charge in [-0.1, -0.05) is 6.07 Å². The highest BCUT2D eigenvalue weighted by Crippen LogP contribution is 2.22. The normalized spacial score (nSPS) is 10.1. The Labute approximate surface area is 103 Å². The number of ketones is 1. The Morgan fingerprint density at radius 2 is 1.89 bits per heavy atom. The molecule has 0 aliphatic rings. The Bertz CT molecular complexity index is 609. The minimum atomic E-state index is -0.548. The first-order valence-electron chi connectivity index (χ1n) is 5.29. The van der Waals surface area contributed by atoms with E-state index in [1.807, 2.05) is 0 Å². The quantitative estimate of drug-likeness (QED) is 0.471. The number of benzene rings is 1. The van der Waals surface area contributed by atoms with Crippen LogP contribution in [0.25, 0.3) is 0 Å². The predicted octanol–water partition coefficient (Wildman–Crippen LogP) is 2.53. The number of aromatic nitrogens is 1. The van der Waals surface area contributed by atoms with Gasteiger partial charge in [0, 0.05) is 24.0 Å². The summed E-state index contributed by atoms with van der Waals surface area (Å²) in [5.41, 5.74) is 1.12. The van der Waals surface area contributed by atoms with E-state index in [0.29, 0.717) is 5.56 Å². The first kappa shape index (κ1) is 11.9. The molecule has 1 aromatic carbocycles. The number of carbonyl (C=O) groups is 1. The summed E-state index contributed by atoms with van der Waals surface area (Å²) < 4.78 is 0. The molecule has 18 heavy (non-hydrogen) atoms. The number of carbonyl (C=O) groups excluding carboxylic acids is 1. The fraction of sp³-hybridized carbons (Fsp3) is 0.0769. The van der Waals surface area contributed by atoms with Gasteiger partial charge in [-0.2, -0.15) is 0 Å². The highest BCUT2D eigenvalue weighted by atomic mass is 16.6. The molecule has 1 aromatic heterocycles. The van der Waals surface area contributed by atoms with E-state index in [1.165, 1.54) is 36.7 Å².